The van der Waals surface area contributed by atoms with Crippen molar-refractivity contribution in [3.05, 3.63) is 41.1 Å². The van der Waals surface area contributed by atoms with Crippen LogP contribution in [-0.4, -0.2) is 32.9 Å². The van der Waals surface area contributed by atoms with Crippen molar-refractivity contribution in [1.29, 1.82) is 0 Å². The molecule has 0 amide bonds. The number of H-pyrrole nitrogens is 1. The summed E-state index contributed by atoms with van der Waals surface area (Å²) in [4.78, 5) is 15.7. The molecule has 3 rings (SSSR count). The zero-order chi connectivity index (χ0) is 18.9. The minimum absolute atomic E-state index is 0.0194. The highest BCUT2D eigenvalue weighted by molar-refractivity contribution is 5.66. The van der Waals surface area contributed by atoms with Gasteiger partial charge in [0.25, 0.3) is 0 Å². The van der Waals surface area contributed by atoms with Crippen LogP contribution < -0.4 is 9.47 Å². The molecule has 0 fully saturated rings. The second kappa shape index (κ2) is 6.77. The molecule has 26 heavy (non-hydrogen) atoms. The molecule has 138 valence electrons. The molecular formula is C16H14F4N4O2. The highest BCUT2D eigenvalue weighted by Crippen LogP contribution is 2.27. The zero-order valence-electron chi connectivity index (χ0n) is 13.8. The van der Waals surface area contributed by atoms with Gasteiger partial charge >= 0.3 is 6.36 Å². The molecule has 3 aromatic rings. The Morgan fingerprint density at radius 2 is 1.92 bits per heavy atom. The van der Waals surface area contributed by atoms with Crippen molar-refractivity contribution in [2.45, 2.75) is 26.6 Å². The van der Waals surface area contributed by atoms with Crippen molar-refractivity contribution in [2.24, 2.45) is 0 Å². The van der Waals surface area contributed by atoms with E-state index in [2.05, 4.69) is 24.7 Å². The quantitative estimate of drug-likeness (QED) is 0.694. The van der Waals surface area contributed by atoms with Crippen LogP contribution in [-0.2, 0) is 6.42 Å². The summed E-state index contributed by atoms with van der Waals surface area (Å²) in [5, 5.41) is 0. The standard InChI is InChI=1S/C16H14F4N4O2/c1-3-25-15-12(23-13-14(24-15)22-8(2)21-13)6-9-4-5-10(7-11(9)17)26-16(18,19)20/h4-5,7H,3,6H2,1-2H3,(H,21,22,23,24). The van der Waals surface area contributed by atoms with E-state index in [0.717, 1.165) is 6.07 Å². The first-order valence-corrected chi connectivity index (χ1v) is 7.65. The van der Waals surface area contributed by atoms with E-state index < -0.39 is 17.9 Å². The predicted octanol–water partition coefficient (Wildman–Crippen LogP) is 3.69. The molecule has 6 nitrogen and oxygen atoms in total. The Hall–Kier alpha value is -2.91. The Balaban J connectivity index is 1.93. The van der Waals surface area contributed by atoms with Gasteiger partial charge in [-0.2, -0.15) is 4.98 Å². The maximum absolute atomic E-state index is 14.2. The van der Waals surface area contributed by atoms with Crippen LogP contribution >= 0.6 is 0 Å². The van der Waals surface area contributed by atoms with Crippen molar-refractivity contribution in [2.75, 3.05) is 6.61 Å². The third-order valence-electron chi connectivity index (χ3n) is 3.38. The largest absolute Gasteiger partial charge is 0.573 e. The van der Waals surface area contributed by atoms with Crippen LogP contribution in [0.3, 0.4) is 0 Å². The van der Waals surface area contributed by atoms with E-state index in [4.69, 9.17) is 4.74 Å². The van der Waals surface area contributed by atoms with E-state index in [9.17, 15) is 17.6 Å². The van der Waals surface area contributed by atoms with Gasteiger partial charge < -0.3 is 14.5 Å². The molecule has 0 saturated heterocycles. The highest BCUT2D eigenvalue weighted by Gasteiger charge is 2.31. The number of nitrogens with zero attached hydrogens (tertiary/aromatic N) is 3. The number of aromatic nitrogens is 4. The van der Waals surface area contributed by atoms with E-state index in [-0.39, 0.29) is 17.9 Å². The minimum atomic E-state index is -4.88. The summed E-state index contributed by atoms with van der Waals surface area (Å²) in [5.41, 5.74) is 1.25. The fourth-order valence-electron chi connectivity index (χ4n) is 2.38. The SMILES string of the molecule is CCOc1nc2nc(C)[nH]c2nc1Cc1ccc(OC(F)(F)F)cc1F. The Morgan fingerprint density at radius 3 is 2.58 bits per heavy atom. The number of aryl methyl sites for hydroxylation is 1. The Kier molecular flexibility index (Phi) is 4.66. The van der Waals surface area contributed by atoms with E-state index in [1.165, 1.54) is 6.07 Å². The summed E-state index contributed by atoms with van der Waals surface area (Å²) in [5.74, 6) is -0.674. The molecule has 0 saturated carbocycles. The van der Waals surface area contributed by atoms with E-state index in [1.54, 1.807) is 13.8 Å². The fourth-order valence-corrected chi connectivity index (χ4v) is 2.38. The maximum atomic E-state index is 14.2. The first-order chi connectivity index (χ1) is 12.2. The minimum Gasteiger partial charge on any atom is -0.477 e. The van der Waals surface area contributed by atoms with Gasteiger partial charge in [0.2, 0.25) is 11.5 Å². The molecule has 0 radical (unpaired) electrons. The molecule has 2 heterocycles. The molecule has 0 aliphatic carbocycles. The third kappa shape index (κ3) is 4.01. The summed E-state index contributed by atoms with van der Waals surface area (Å²) in [6, 6.07) is 2.92. The number of fused-ring (bicyclic) bond motifs is 1. The van der Waals surface area contributed by atoms with Crippen molar-refractivity contribution < 1.29 is 27.0 Å². The Bertz CT molecular complexity index is 940. The van der Waals surface area contributed by atoms with Crippen molar-refractivity contribution in [3.63, 3.8) is 0 Å². The van der Waals surface area contributed by atoms with Gasteiger partial charge in [-0.3, -0.25) is 0 Å². The Labute approximate surface area is 145 Å². The lowest BCUT2D eigenvalue weighted by molar-refractivity contribution is -0.274. The van der Waals surface area contributed by atoms with Crippen molar-refractivity contribution >= 4 is 11.3 Å². The fraction of sp³-hybridized carbons (Fsp3) is 0.312. The van der Waals surface area contributed by atoms with Crippen LogP contribution in [0.15, 0.2) is 18.2 Å². The number of ether oxygens (including phenoxy) is 2. The molecule has 1 N–H and O–H groups in total. The number of hydrogen-bond acceptors (Lipinski definition) is 5. The van der Waals surface area contributed by atoms with Crippen LogP contribution in [0, 0.1) is 12.7 Å². The van der Waals surface area contributed by atoms with Crippen LogP contribution in [0.1, 0.15) is 24.0 Å². The molecule has 0 bridgehead atoms. The van der Waals surface area contributed by atoms with E-state index in [1.807, 2.05) is 0 Å². The van der Waals surface area contributed by atoms with Crippen LogP contribution in [0.4, 0.5) is 17.6 Å². The number of rotatable bonds is 5. The molecular weight excluding hydrogens is 356 g/mol. The number of halogens is 4. The molecule has 0 aliphatic rings. The lowest BCUT2D eigenvalue weighted by Crippen LogP contribution is -2.17. The lowest BCUT2D eigenvalue weighted by Gasteiger charge is -2.11. The normalized spacial score (nSPS) is 11.8. The second-order valence-corrected chi connectivity index (χ2v) is 5.38. The summed E-state index contributed by atoms with van der Waals surface area (Å²) in [6.45, 7) is 3.81. The van der Waals surface area contributed by atoms with Gasteiger partial charge in [-0.1, -0.05) is 6.07 Å². The van der Waals surface area contributed by atoms with Gasteiger partial charge in [-0.05, 0) is 25.5 Å². The number of alkyl halides is 3. The van der Waals surface area contributed by atoms with Gasteiger partial charge in [0.05, 0.1) is 6.61 Å². The number of imidazole rings is 1. The van der Waals surface area contributed by atoms with Crippen LogP contribution in [0.25, 0.3) is 11.3 Å². The molecule has 0 unspecified atom stereocenters. The monoisotopic (exact) mass is 370 g/mol. The lowest BCUT2D eigenvalue weighted by atomic mass is 10.1. The van der Waals surface area contributed by atoms with Gasteiger partial charge in [0.15, 0.2) is 5.65 Å². The van der Waals surface area contributed by atoms with Gasteiger partial charge in [0, 0.05) is 12.5 Å². The third-order valence-corrected chi connectivity index (χ3v) is 3.38. The zero-order valence-corrected chi connectivity index (χ0v) is 13.8. The molecule has 0 aliphatic heterocycles. The van der Waals surface area contributed by atoms with Crippen LogP contribution in [0.5, 0.6) is 11.6 Å². The van der Waals surface area contributed by atoms with E-state index in [0.29, 0.717) is 35.5 Å². The first-order valence-electron chi connectivity index (χ1n) is 7.65. The summed E-state index contributed by atoms with van der Waals surface area (Å²) >= 11 is 0. The number of benzene rings is 1. The second-order valence-electron chi connectivity index (χ2n) is 5.38. The predicted molar refractivity (Wildman–Crippen MR) is 83.5 cm³/mol. The molecule has 2 aromatic heterocycles. The van der Waals surface area contributed by atoms with Crippen molar-refractivity contribution in [1.82, 2.24) is 19.9 Å². The average Bonchev–Trinajstić information content (AvgIpc) is 2.88. The summed E-state index contributed by atoms with van der Waals surface area (Å²) in [6.07, 6.45) is -4.90. The maximum Gasteiger partial charge on any atom is 0.573 e. The summed E-state index contributed by atoms with van der Waals surface area (Å²) < 4.78 is 60.0. The number of hydrogen-bond donors (Lipinski definition) is 1. The summed E-state index contributed by atoms with van der Waals surface area (Å²) in [7, 11) is 0. The molecule has 10 heteroatoms. The number of nitrogens with one attached hydrogen (secondary N) is 1. The molecule has 0 spiro atoms. The van der Waals surface area contributed by atoms with Gasteiger partial charge in [-0.25, -0.2) is 14.4 Å². The van der Waals surface area contributed by atoms with Gasteiger partial charge in [-0.15, -0.1) is 13.2 Å². The van der Waals surface area contributed by atoms with Crippen molar-refractivity contribution in [3.8, 4) is 11.6 Å². The number of aromatic amines is 1. The van der Waals surface area contributed by atoms with Crippen LogP contribution in [0.2, 0.25) is 0 Å². The molecule has 0 atom stereocenters. The molecule has 1 aromatic carbocycles. The highest BCUT2D eigenvalue weighted by atomic mass is 19.4. The van der Waals surface area contributed by atoms with Gasteiger partial charge in [0.1, 0.15) is 23.1 Å². The van der Waals surface area contributed by atoms with E-state index >= 15 is 0 Å². The first kappa shape index (κ1) is 17.9. The average molecular weight is 370 g/mol. The smallest absolute Gasteiger partial charge is 0.477 e. The Morgan fingerprint density at radius 1 is 1.15 bits per heavy atom. The topological polar surface area (TPSA) is 72.9 Å².